The van der Waals surface area contributed by atoms with Gasteiger partial charge in [0.1, 0.15) is 0 Å². The van der Waals surface area contributed by atoms with Gasteiger partial charge < -0.3 is 10.1 Å². The first kappa shape index (κ1) is 20.4. The van der Waals surface area contributed by atoms with E-state index in [1.807, 2.05) is 0 Å². The van der Waals surface area contributed by atoms with E-state index in [0.29, 0.717) is 0 Å². The van der Waals surface area contributed by atoms with Crippen LogP contribution in [0.3, 0.4) is 0 Å². The Bertz CT molecular complexity index is 719. The molecule has 0 aromatic heterocycles. The number of nitrogens with zero attached hydrogens (tertiary/aromatic N) is 1. The lowest BCUT2D eigenvalue weighted by Gasteiger charge is -2.23. The molecule has 9 heteroatoms. The number of benzene rings is 1. The molecule has 1 aromatic carbocycles. The van der Waals surface area contributed by atoms with Crippen molar-refractivity contribution in [1.29, 1.82) is 0 Å². The number of halogens is 1. The van der Waals surface area contributed by atoms with Gasteiger partial charge in [0, 0.05) is 19.0 Å². The van der Waals surface area contributed by atoms with Crippen molar-refractivity contribution in [3.8, 4) is 0 Å². The van der Waals surface area contributed by atoms with Crippen LogP contribution in [0.1, 0.15) is 30.6 Å². The first-order valence-corrected chi connectivity index (χ1v) is 9.43. The Labute approximate surface area is 147 Å². The van der Waals surface area contributed by atoms with Gasteiger partial charge in [-0.2, -0.15) is 4.31 Å². The summed E-state index contributed by atoms with van der Waals surface area (Å²) in [5.41, 5.74) is 0.511. The molecule has 0 aliphatic heterocycles. The Morgan fingerprint density at radius 2 is 1.96 bits per heavy atom. The quantitative estimate of drug-likeness (QED) is 0.736. The van der Waals surface area contributed by atoms with Crippen LogP contribution >= 0.6 is 11.6 Å². The molecular weight excluding hydrogens is 356 g/mol. The molecule has 0 aliphatic rings. The fourth-order valence-electron chi connectivity index (χ4n) is 2.10. The molecular formula is C15H21ClN2O5S. The summed E-state index contributed by atoms with van der Waals surface area (Å²) in [6, 6.07) is 4.11. The lowest BCUT2D eigenvalue weighted by molar-refractivity contribution is -0.116. The van der Waals surface area contributed by atoms with Gasteiger partial charge in [-0.05, 0) is 32.0 Å². The highest BCUT2D eigenvalue weighted by molar-refractivity contribution is 7.88. The van der Waals surface area contributed by atoms with E-state index in [9.17, 15) is 18.0 Å². The number of nitrogens with one attached hydrogen (secondary N) is 1. The summed E-state index contributed by atoms with van der Waals surface area (Å²) < 4.78 is 29.2. The van der Waals surface area contributed by atoms with Crippen LogP contribution in [-0.4, -0.2) is 50.6 Å². The van der Waals surface area contributed by atoms with Crippen molar-refractivity contribution < 1.29 is 22.7 Å². The Morgan fingerprint density at radius 1 is 1.33 bits per heavy atom. The maximum absolute atomic E-state index is 12.1. The van der Waals surface area contributed by atoms with Crippen molar-refractivity contribution in [2.75, 3.05) is 25.2 Å². The van der Waals surface area contributed by atoms with Crippen LogP contribution in [0.5, 0.6) is 0 Å². The molecule has 0 spiro atoms. The lowest BCUT2D eigenvalue weighted by atomic mass is 10.2. The maximum atomic E-state index is 12.1. The zero-order chi connectivity index (χ0) is 18.5. The van der Waals surface area contributed by atoms with E-state index < -0.39 is 21.9 Å². The molecule has 0 bridgehead atoms. The highest BCUT2D eigenvalue weighted by atomic mass is 35.5. The normalized spacial score (nSPS) is 11.6. The van der Waals surface area contributed by atoms with E-state index in [1.165, 1.54) is 29.6 Å². The predicted molar refractivity (Wildman–Crippen MR) is 92.7 cm³/mol. The Hall–Kier alpha value is -1.64. The van der Waals surface area contributed by atoms with Crippen LogP contribution in [0.2, 0.25) is 5.02 Å². The van der Waals surface area contributed by atoms with E-state index in [2.05, 4.69) is 10.1 Å². The molecule has 0 fully saturated rings. The van der Waals surface area contributed by atoms with E-state index in [1.54, 1.807) is 13.8 Å². The highest BCUT2D eigenvalue weighted by Crippen LogP contribution is 2.23. The number of amides is 1. The van der Waals surface area contributed by atoms with Crippen molar-refractivity contribution in [2.45, 2.75) is 26.3 Å². The Morgan fingerprint density at radius 3 is 2.46 bits per heavy atom. The second kappa shape index (κ2) is 8.46. The number of ether oxygens (including phenoxy) is 1. The fraction of sp³-hybridized carbons (Fsp3) is 0.467. The monoisotopic (exact) mass is 376 g/mol. The van der Waals surface area contributed by atoms with Gasteiger partial charge >= 0.3 is 5.97 Å². The highest BCUT2D eigenvalue weighted by Gasteiger charge is 2.21. The molecule has 1 amide bonds. The summed E-state index contributed by atoms with van der Waals surface area (Å²) in [7, 11) is -2.15. The minimum atomic E-state index is -3.40. The standard InChI is InChI=1S/C15H21ClN2O5S/c1-10(2)18(24(4,21)22)8-7-14(19)17-13-9-11(15(20)23-3)5-6-12(13)16/h5-6,9-10H,7-8H2,1-4H3,(H,17,19). The van der Waals surface area contributed by atoms with Crippen molar-refractivity contribution >= 4 is 39.2 Å². The van der Waals surface area contributed by atoms with Crippen molar-refractivity contribution in [3.05, 3.63) is 28.8 Å². The topological polar surface area (TPSA) is 92.8 Å². The minimum absolute atomic E-state index is 0.0377. The summed E-state index contributed by atoms with van der Waals surface area (Å²) in [5.74, 6) is -0.960. The van der Waals surface area contributed by atoms with Gasteiger partial charge in [-0.15, -0.1) is 0 Å². The molecule has 0 aliphatic carbocycles. The summed E-state index contributed by atoms with van der Waals surface area (Å²) in [6.07, 6.45) is 1.06. The lowest BCUT2D eigenvalue weighted by Crippen LogP contribution is -2.38. The first-order valence-electron chi connectivity index (χ1n) is 7.20. The fourth-order valence-corrected chi connectivity index (χ4v) is 3.45. The molecule has 0 unspecified atom stereocenters. The van der Waals surface area contributed by atoms with Crippen molar-refractivity contribution in [3.63, 3.8) is 0 Å². The Kier molecular flexibility index (Phi) is 7.19. The molecule has 0 saturated heterocycles. The number of hydrogen-bond acceptors (Lipinski definition) is 5. The van der Waals surface area contributed by atoms with Crippen molar-refractivity contribution in [1.82, 2.24) is 4.31 Å². The molecule has 0 saturated carbocycles. The SMILES string of the molecule is COC(=O)c1ccc(Cl)c(NC(=O)CCN(C(C)C)S(C)(=O)=O)c1. The van der Waals surface area contributed by atoms with Gasteiger partial charge in [-0.3, -0.25) is 4.79 Å². The van der Waals surface area contributed by atoms with Crippen LogP contribution < -0.4 is 5.32 Å². The number of rotatable bonds is 7. The third-order valence-electron chi connectivity index (χ3n) is 3.22. The van der Waals surface area contributed by atoms with E-state index in [-0.39, 0.29) is 35.3 Å². The van der Waals surface area contributed by atoms with Gasteiger partial charge in [0.2, 0.25) is 15.9 Å². The molecule has 1 aromatic rings. The van der Waals surface area contributed by atoms with Crippen LogP contribution in [-0.2, 0) is 19.6 Å². The molecule has 134 valence electrons. The van der Waals surface area contributed by atoms with Crippen molar-refractivity contribution in [2.24, 2.45) is 0 Å². The second-order valence-electron chi connectivity index (χ2n) is 5.45. The van der Waals surface area contributed by atoms with Crippen LogP contribution in [0.25, 0.3) is 0 Å². The number of methoxy groups -OCH3 is 1. The van der Waals surface area contributed by atoms with Gasteiger partial charge in [0.25, 0.3) is 0 Å². The van der Waals surface area contributed by atoms with Crippen LogP contribution in [0, 0.1) is 0 Å². The number of carbonyl (C=O) groups is 2. The number of carbonyl (C=O) groups excluding carboxylic acids is 2. The average molecular weight is 377 g/mol. The van der Waals surface area contributed by atoms with Crippen LogP contribution in [0.15, 0.2) is 18.2 Å². The minimum Gasteiger partial charge on any atom is -0.465 e. The number of sulfonamides is 1. The zero-order valence-corrected chi connectivity index (χ0v) is 15.6. The van der Waals surface area contributed by atoms with Gasteiger partial charge in [-0.1, -0.05) is 11.6 Å². The summed E-state index contributed by atoms with van der Waals surface area (Å²) in [6.45, 7) is 3.52. The average Bonchev–Trinajstić information content (AvgIpc) is 2.47. The molecule has 0 heterocycles. The van der Waals surface area contributed by atoms with E-state index >= 15 is 0 Å². The van der Waals surface area contributed by atoms with Crippen LogP contribution in [0.4, 0.5) is 5.69 Å². The summed E-state index contributed by atoms with van der Waals surface area (Å²) >= 11 is 6.00. The molecule has 7 nitrogen and oxygen atoms in total. The zero-order valence-electron chi connectivity index (χ0n) is 14.0. The van der Waals surface area contributed by atoms with Gasteiger partial charge in [0.05, 0.1) is 29.6 Å². The molecule has 1 N–H and O–H groups in total. The van der Waals surface area contributed by atoms with Gasteiger partial charge in [0.15, 0.2) is 0 Å². The smallest absolute Gasteiger partial charge is 0.337 e. The molecule has 1 rings (SSSR count). The predicted octanol–water partition coefficient (Wildman–Crippen LogP) is 2.13. The molecule has 0 radical (unpaired) electrons. The van der Waals surface area contributed by atoms with E-state index in [0.717, 1.165) is 6.26 Å². The Balaban J connectivity index is 2.80. The maximum Gasteiger partial charge on any atom is 0.337 e. The molecule has 24 heavy (non-hydrogen) atoms. The third-order valence-corrected chi connectivity index (χ3v) is 5.01. The molecule has 0 atom stereocenters. The number of esters is 1. The number of hydrogen-bond donors (Lipinski definition) is 1. The second-order valence-corrected chi connectivity index (χ2v) is 7.79. The summed E-state index contributed by atoms with van der Waals surface area (Å²) in [5, 5.41) is 2.84. The number of anilines is 1. The largest absolute Gasteiger partial charge is 0.465 e. The summed E-state index contributed by atoms with van der Waals surface area (Å²) in [4.78, 5) is 23.6. The third kappa shape index (κ3) is 5.77. The van der Waals surface area contributed by atoms with E-state index in [4.69, 9.17) is 11.6 Å². The van der Waals surface area contributed by atoms with Gasteiger partial charge in [-0.25, -0.2) is 13.2 Å². The first-order chi connectivity index (χ1) is 11.1.